The second-order valence-electron chi connectivity index (χ2n) is 8.41. The number of likely N-dealkylation sites (tertiary alicyclic amines) is 1. The highest BCUT2D eigenvalue weighted by molar-refractivity contribution is 6.42. The summed E-state index contributed by atoms with van der Waals surface area (Å²) in [5.41, 5.74) is 5.31. The largest absolute Gasteiger partial charge is 0.349 e. The molecule has 0 spiro atoms. The zero-order valence-corrected chi connectivity index (χ0v) is 18.4. The zero-order valence-electron chi connectivity index (χ0n) is 16.9. The molecule has 1 amide bonds. The van der Waals surface area contributed by atoms with E-state index in [0.29, 0.717) is 10.0 Å². The molecule has 154 valence electrons. The standard InChI is InChI=1S/C24H28Cl2N2O/c1-16(20-7-6-18-3-2-4-21(18)14-20)27-24(29)19-9-11-28(12-10-19)15-17-5-8-22(25)23(26)13-17/h5-8,13-14,16,19H,2-4,9-12,15H2,1H3,(H,27,29)/t16-/m0/s1. The molecule has 3 nitrogen and oxygen atoms in total. The molecule has 0 radical (unpaired) electrons. The molecule has 1 aliphatic carbocycles. The molecule has 0 aromatic heterocycles. The Morgan fingerprint density at radius 2 is 1.83 bits per heavy atom. The van der Waals surface area contributed by atoms with Crippen LogP contribution in [-0.4, -0.2) is 23.9 Å². The number of fused-ring (bicyclic) bond motifs is 1. The summed E-state index contributed by atoms with van der Waals surface area (Å²) in [4.78, 5) is 15.2. The maximum absolute atomic E-state index is 12.8. The SMILES string of the molecule is C[C@H](NC(=O)C1CCN(Cc2ccc(Cl)c(Cl)c2)CC1)c1ccc2c(c1)CCC2. The van der Waals surface area contributed by atoms with Gasteiger partial charge in [-0.1, -0.05) is 47.5 Å². The summed E-state index contributed by atoms with van der Waals surface area (Å²) in [7, 11) is 0. The van der Waals surface area contributed by atoms with Crippen molar-refractivity contribution in [2.24, 2.45) is 5.92 Å². The predicted molar refractivity (Wildman–Crippen MR) is 119 cm³/mol. The number of hydrogen-bond acceptors (Lipinski definition) is 2. The predicted octanol–water partition coefficient (Wildman–Crippen LogP) is 5.57. The number of amides is 1. The lowest BCUT2D eigenvalue weighted by Crippen LogP contribution is -2.40. The van der Waals surface area contributed by atoms with E-state index in [1.165, 1.54) is 36.0 Å². The fourth-order valence-corrected chi connectivity index (χ4v) is 4.85. The van der Waals surface area contributed by atoms with Crippen LogP contribution in [0.4, 0.5) is 0 Å². The minimum atomic E-state index is 0.0580. The number of aryl methyl sites for hydroxylation is 2. The Labute approximate surface area is 183 Å². The minimum Gasteiger partial charge on any atom is -0.349 e. The van der Waals surface area contributed by atoms with E-state index in [2.05, 4.69) is 35.3 Å². The minimum absolute atomic E-state index is 0.0580. The first-order valence-corrected chi connectivity index (χ1v) is 11.3. The number of carbonyl (C=O) groups excluding carboxylic acids is 1. The van der Waals surface area contributed by atoms with Crippen molar-refractivity contribution in [1.82, 2.24) is 10.2 Å². The first kappa shape index (κ1) is 20.7. The molecule has 2 aromatic rings. The molecule has 2 aromatic carbocycles. The van der Waals surface area contributed by atoms with Gasteiger partial charge < -0.3 is 5.32 Å². The number of nitrogens with one attached hydrogen (secondary N) is 1. The zero-order chi connectivity index (χ0) is 20.4. The molecule has 5 heteroatoms. The summed E-state index contributed by atoms with van der Waals surface area (Å²) in [6, 6.07) is 12.6. The summed E-state index contributed by atoms with van der Waals surface area (Å²) in [6.45, 7) is 4.78. The molecule has 4 rings (SSSR count). The van der Waals surface area contributed by atoms with Gasteiger partial charge in [0.25, 0.3) is 0 Å². The van der Waals surface area contributed by atoms with Gasteiger partial charge in [0.2, 0.25) is 5.91 Å². The highest BCUT2D eigenvalue weighted by atomic mass is 35.5. The van der Waals surface area contributed by atoms with Crippen LogP contribution in [0.25, 0.3) is 0 Å². The molecule has 0 saturated carbocycles. The van der Waals surface area contributed by atoms with Crippen LogP contribution in [0.3, 0.4) is 0 Å². The van der Waals surface area contributed by atoms with Gasteiger partial charge in [-0.2, -0.15) is 0 Å². The van der Waals surface area contributed by atoms with Crippen LogP contribution in [0.2, 0.25) is 10.0 Å². The second-order valence-corrected chi connectivity index (χ2v) is 9.23. The summed E-state index contributed by atoms with van der Waals surface area (Å²) in [6.07, 6.45) is 5.40. The molecule has 0 unspecified atom stereocenters. The van der Waals surface area contributed by atoms with Gasteiger partial charge in [0, 0.05) is 12.5 Å². The van der Waals surface area contributed by atoms with E-state index in [4.69, 9.17) is 23.2 Å². The van der Waals surface area contributed by atoms with Crippen LogP contribution in [0.5, 0.6) is 0 Å². The van der Waals surface area contributed by atoms with Crippen LogP contribution in [-0.2, 0) is 24.2 Å². The van der Waals surface area contributed by atoms with Crippen molar-refractivity contribution in [3.05, 3.63) is 68.7 Å². The fourth-order valence-electron chi connectivity index (χ4n) is 4.53. The Kier molecular flexibility index (Phi) is 6.48. The normalized spacial score (nSPS) is 18.4. The van der Waals surface area contributed by atoms with E-state index in [1.54, 1.807) is 0 Å². The number of halogens is 2. The van der Waals surface area contributed by atoms with E-state index >= 15 is 0 Å². The third kappa shape index (κ3) is 4.96. The molecule has 1 N–H and O–H groups in total. The van der Waals surface area contributed by atoms with E-state index in [0.717, 1.165) is 38.0 Å². The first-order valence-electron chi connectivity index (χ1n) is 10.6. The third-order valence-electron chi connectivity index (χ3n) is 6.33. The molecule has 1 atom stereocenters. The summed E-state index contributed by atoms with van der Waals surface area (Å²) < 4.78 is 0. The first-order chi connectivity index (χ1) is 14.0. The van der Waals surface area contributed by atoms with Gasteiger partial charge in [-0.3, -0.25) is 9.69 Å². The third-order valence-corrected chi connectivity index (χ3v) is 7.07. The van der Waals surface area contributed by atoms with Gasteiger partial charge in [-0.15, -0.1) is 0 Å². The average molecular weight is 431 g/mol. The lowest BCUT2D eigenvalue weighted by atomic mass is 9.94. The van der Waals surface area contributed by atoms with Gasteiger partial charge in [0.15, 0.2) is 0 Å². The summed E-state index contributed by atoms with van der Waals surface area (Å²) >= 11 is 12.1. The molecule has 0 bridgehead atoms. The molecule has 1 fully saturated rings. The van der Waals surface area contributed by atoms with Crippen LogP contribution < -0.4 is 5.32 Å². The molecule has 1 saturated heterocycles. The van der Waals surface area contributed by atoms with Crippen molar-refractivity contribution in [2.45, 2.75) is 51.6 Å². The molecule has 2 aliphatic rings. The average Bonchev–Trinajstić information content (AvgIpc) is 3.19. The van der Waals surface area contributed by atoms with E-state index in [1.807, 2.05) is 18.2 Å². The van der Waals surface area contributed by atoms with Gasteiger partial charge in [0.1, 0.15) is 0 Å². The van der Waals surface area contributed by atoms with Crippen molar-refractivity contribution in [1.29, 1.82) is 0 Å². The van der Waals surface area contributed by atoms with Crippen molar-refractivity contribution < 1.29 is 4.79 Å². The van der Waals surface area contributed by atoms with Gasteiger partial charge >= 0.3 is 0 Å². The van der Waals surface area contributed by atoms with E-state index in [-0.39, 0.29) is 17.9 Å². The van der Waals surface area contributed by atoms with Crippen LogP contribution >= 0.6 is 23.2 Å². The molecule has 29 heavy (non-hydrogen) atoms. The smallest absolute Gasteiger partial charge is 0.223 e. The number of nitrogens with zero attached hydrogens (tertiary/aromatic N) is 1. The van der Waals surface area contributed by atoms with Gasteiger partial charge in [-0.25, -0.2) is 0 Å². The lowest BCUT2D eigenvalue weighted by Gasteiger charge is -2.32. The highest BCUT2D eigenvalue weighted by Crippen LogP contribution is 2.27. The van der Waals surface area contributed by atoms with Crippen LogP contribution in [0.1, 0.15) is 54.5 Å². The van der Waals surface area contributed by atoms with Crippen molar-refractivity contribution in [3.63, 3.8) is 0 Å². The van der Waals surface area contributed by atoms with Crippen LogP contribution in [0, 0.1) is 5.92 Å². The summed E-state index contributed by atoms with van der Waals surface area (Å²) in [5, 5.41) is 4.43. The quantitative estimate of drug-likeness (QED) is 0.671. The Hall–Kier alpha value is -1.55. The fraction of sp³-hybridized carbons (Fsp3) is 0.458. The number of benzene rings is 2. The van der Waals surface area contributed by atoms with Crippen molar-refractivity contribution in [2.75, 3.05) is 13.1 Å². The Bertz CT molecular complexity index is 890. The van der Waals surface area contributed by atoms with Crippen molar-refractivity contribution >= 4 is 29.1 Å². The molecule has 1 aliphatic heterocycles. The van der Waals surface area contributed by atoms with E-state index in [9.17, 15) is 4.79 Å². The number of carbonyl (C=O) groups is 1. The molecule has 1 heterocycles. The number of rotatable bonds is 5. The lowest BCUT2D eigenvalue weighted by molar-refractivity contribution is -0.127. The Morgan fingerprint density at radius 1 is 1.07 bits per heavy atom. The van der Waals surface area contributed by atoms with Crippen LogP contribution in [0.15, 0.2) is 36.4 Å². The van der Waals surface area contributed by atoms with Gasteiger partial charge in [-0.05, 0) is 86.5 Å². The summed E-state index contributed by atoms with van der Waals surface area (Å²) in [5.74, 6) is 0.282. The molecular formula is C24H28Cl2N2O. The molecular weight excluding hydrogens is 403 g/mol. The number of piperidine rings is 1. The van der Waals surface area contributed by atoms with Gasteiger partial charge in [0.05, 0.1) is 16.1 Å². The van der Waals surface area contributed by atoms with Crippen molar-refractivity contribution in [3.8, 4) is 0 Å². The second kappa shape index (κ2) is 9.07. The Balaban J connectivity index is 1.28. The Morgan fingerprint density at radius 3 is 2.59 bits per heavy atom. The number of hydrogen-bond donors (Lipinski definition) is 1. The topological polar surface area (TPSA) is 32.3 Å². The van der Waals surface area contributed by atoms with E-state index < -0.39 is 0 Å². The monoisotopic (exact) mass is 430 g/mol. The maximum Gasteiger partial charge on any atom is 0.223 e. The maximum atomic E-state index is 12.8. The highest BCUT2D eigenvalue weighted by Gasteiger charge is 2.26.